The summed E-state index contributed by atoms with van der Waals surface area (Å²) in [5.74, 6) is 1.29. The summed E-state index contributed by atoms with van der Waals surface area (Å²) in [4.78, 5) is 12.6. The quantitative estimate of drug-likeness (QED) is 0.540. The van der Waals surface area contributed by atoms with E-state index in [4.69, 9.17) is 11.6 Å². The maximum Gasteiger partial charge on any atom is 0.257 e. The van der Waals surface area contributed by atoms with Gasteiger partial charge in [-0.05, 0) is 54.5 Å². The number of amides is 1. The molecule has 3 aromatic rings. The number of carbonyl (C=O) groups excluding carboxylic acids is 1. The van der Waals surface area contributed by atoms with Crippen LogP contribution in [-0.2, 0) is 0 Å². The van der Waals surface area contributed by atoms with Gasteiger partial charge in [-0.25, -0.2) is 0 Å². The zero-order valence-corrected chi connectivity index (χ0v) is 17.3. The summed E-state index contributed by atoms with van der Waals surface area (Å²) in [6.07, 6.45) is 5.06. The number of rotatable bonds is 4. The van der Waals surface area contributed by atoms with Crippen LogP contribution in [0, 0.1) is 5.92 Å². The molecule has 2 aromatic carbocycles. The molecule has 0 radical (unpaired) electrons. The normalized spacial score (nSPS) is 19.4. The molecule has 1 amide bonds. The van der Waals surface area contributed by atoms with Gasteiger partial charge in [-0.15, -0.1) is 10.2 Å². The van der Waals surface area contributed by atoms with Crippen LogP contribution in [0.15, 0.2) is 48.5 Å². The van der Waals surface area contributed by atoms with E-state index in [1.165, 1.54) is 42.6 Å². The monoisotopic (exact) mass is 411 g/mol. The second-order valence-corrected chi connectivity index (χ2v) is 8.87. The third-order valence-corrected chi connectivity index (χ3v) is 6.50. The molecule has 0 saturated heterocycles. The molecule has 28 heavy (non-hydrogen) atoms. The van der Waals surface area contributed by atoms with Gasteiger partial charge in [-0.3, -0.25) is 10.1 Å². The topological polar surface area (TPSA) is 54.9 Å². The number of halogens is 1. The summed E-state index contributed by atoms with van der Waals surface area (Å²) in [5, 5.41) is 12.9. The number of anilines is 1. The molecule has 1 aromatic heterocycles. The van der Waals surface area contributed by atoms with Gasteiger partial charge in [0.15, 0.2) is 0 Å². The first kappa shape index (κ1) is 19.1. The molecule has 0 spiro atoms. The van der Waals surface area contributed by atoms with Crippen LogP contribution in [0.3, 0.4) is 0 Å². The van der Waals surface area contributed by atoms with Crippen LogP contribution in [0.5, 0.6) is 0 Å². The highest BCUT2D eigenvalue weighted by atomic mass is 35.5. The highest BCUT2D eigenvalue weighted by Crippen LogP contribution is 2.35. The van der Waals surface area contributed by atoms with Crippen LogP contribution >= 0.6 is 22.9 Å². The van der Waals surface area contributed by atoms with E-state index in [-0.39, 0.29) is 5.91 Å². The van der Waals surface area contributed by atoms with Crippen molar-refractivity contribution in [2.75, 3.05) is 5.32 Å². The molecule has 0 atom stereocenters. The van der Waals surface area contributed by atoms with Gasteiger partial charge in [0.2, 0.25) is 5.13 Å². The zero-order valence-electron chi connectivity index (χ0n) is 15.7. The molecule has 1 N–H and O–H groups in total. The molecular weight excluding hydrogens is 390 g/mol. The molecule has 1 aliphatic carbocycles. The predicted molar refractivity (Wildman–Crippen MR) is 115 cm³/mol. The smallest absolute Gasteiger partial charge is 0.257 e. The second-order valence-electron chi connectivity index (χ2n) is 7.46. The Kier molecular flexibility index (Phi) is 5.74. The van der Waals surface area contributed by atoms with E-state index < -0.39 is 0 Å². The van der Waals surface area contributed by atoms with Gasteiger partial charge in [-0.1, -0.05) is 67.0 Å². The average Bonchev–Trinajstić information content (AvgIpc) is 3.17. The Bertz CT molecular complexity index is 962. The number of carbonyl (C=O) groups is 1. The van der Waals surface area contributed by atoms with Crippen molar-refractivity contribution >= 4 is 34.0 Å². The lowest BCUT2D eigenvalue weighted by Crippen LogP contribution is -2.13. The fourth-order valence-corrected chi connectivity index (χ4v) is 4.61. The molecule has 0 aliphatic heterocycles. The van der Waals surface area contributed by atoms with E-state index in [2.05, 4.69) is 34.6 Å². The standard InChI is InChI=1S/C22H22ClN3OS/c1-14-5-7-15(8-6-14)16-9-11-17(12-10-16)20(27)24-22-26-25-21(28-22)18-3-2-4-19(23)13-18/h2-4,9-15H,5-8H2,1H3,(H,24,26,27). The number of nitrogens with zero attached hydrogens (tertiary/aromatic N) is 2. The van der Waals surface area contributed by atoms with Crippen LogP contribution in [0.4, 0.5) is 5.13 Å². The minimum Gasteiger partial charge on any atom is -0.296 e. The van der Waals surface area contributed by atoms with Crippen molar-refractivity contribution in [3.05, 3.63) is 64.7 Å². The van der Waals surface area contributed by atoms with Crippen LogP contribution < -0.4 is 5.32 Å². The summed E-state index contributed by atoms with van der Waals surface area (Å²) in [6, 6.07) is 15.4. The second kappa shape index (κ2) is 8.41. The molecule has 1 aliphatic rings. The fourth-order valence-electron chi connectivity index (χ4n) is 3.68. The molecule has 0 unspecified atom stereocenters. The van der Waals surface area contributed by atoms with Crippen molar-refractivity contribution in [1.82, 2.24) is 10.2 Å². The molecular formula is C22H22ClN3OS. The van der Waals surface area contributed by atoms with Crippen molar-refractivity contribution in [2.24, 2.45) is 5.92 Å². The first-order valence-corrected chi connectivity index (χ1v) is 10.8. The lowest BCUT2D eigenvalue weighted by Gasteiger charge is -2.26. The number of hydrogen-bond acceptors (Lipinski definition) is 4. The SMILES string of the molecule is CC1CCC(c2ccc(C(=O)Nc3nnc(-c4cccc(Cl)c4)s3)cc2)CC1. The average molecular weight is 412 g/mol. The first-order valence-electron chi connectivity index (χ1n) is 9.59. The number of benzene rings is 2. The van der Waals surface area contributed by atoms with Crippen molar-refractivity contribution in [1.29, 1.82) is 0 Å². The van der Waals surface area contributed by atoms with Crippen LogP contribution in [0.25, 0.3) is 10.6 Å². The van der Waals surface area contributed by atoms with E-state index >= 15 is 0 Å². The maximum absolute atomic E-state index is 12.6. The summed E-state index contributed by atoms with van der Waals surface area (Å²) in [7, 11) is 0. The Hall–Kier alpha value is -2.24. The van der Waals surface area contributed by atoms with Gasteiger partial charge < -0.3 is 0 Å². The van der Waals surface area contributed by atoms with E-state index in [9.17, 15) is 4.79 Å². The molecule has 4 nitrogen and oxygen atoms in total. The molecule has 144 valence electrons. The zero-order chi connectivity index (χ0) is 19.5. The molecule has 1 heterocycles. The molecule has 1 fully saturated rings. The van der Waals surface area contributed by atoms with E-state index in [1.54, 1.807) is 0 Å². The Labute approximate surface area is 174 Å². The van der Waals surface area contributed by atoms with Crippen molar-refractivity contribution in [3.8, 4) is 10.6 Å². The first-order chi connectivity index (χ1) is 13.6. The molecule has 0 bridgehead atoms. The lowest BCUT2D eigenvalue weighted by molar-refractivity contribution is 0.102. The van der Waals surface area contributed by atoms with Gasteiger partial charge in [0.1, 0.15) is 5.01 Å². The summed E-state index contributed by atoms with van der Waals surface area (Å²) < 4.78 is 0. The van der Waals surface area contributed by atoms with Gasteiger partial charge in [0.25, 0.3) is 5.91 Å². The van der Waals surface area contributed by atoms with Gasteiger partial charge in [0, 0.05) is 16.1 Å². The third-order valence-electron chi connectivity index (χ3n) is 5.38. The Morgan fingerprint density at radius 2 is 1.82 bits per heavy atom. The van der Waals surface area contributed by atoms with Crippen molar-refractivity contribution in [3.63, 3.8) is 0 Å². The Morgan fingerprint density at radius 3 is 2.54 bits per heavy atom. The number of nitrogens with one attached hydrogen (secondary N) is 1. The predicted octanol–water partition coefficient (Wildman–Crippen LogP) is 6.40. The van der Waals surface area contributed by atoms with Gasteiger partial charge in [-0.2, -0.15) is 0 Å². The molecule has 1 saturated carbocycles. The van der Waals surface area contributed by atoms with Gasteiger partial charge >= 0.3 is 0 Å². The van der Waals surface area contributed by atoms with Crippen molar-refractivity contribution in [2.45, 2.75) is 38.5 Å². The van der Waals surface area contributed by atoms with Crippen LogP contribution in [0.2, 0.25) is 5.02 Å². The third kappa shape index (κ3) is 4.42. The van der Waals surface area contributed by atoms with E-state index in [0.29, 0.717) is 21.6 Å². The minimum atomic E-state index is -0.169. The fraction of sp³-hybridized carbons (Fsp3) is 0.318. The van der Waals surface area contributed by atoms with Gasteiger partial charge in [0.05, 0.1) is 0 Å². The van der Waals surface area contributed by atoms with Crippen LogP contribution in [0.1, 0.15) is 54.4 Å². The molecule has 6 heteroatoms. The number of hydrogen-bond donors (Lipinski definition) is 1. The van der Waals surface area contributed by atoms with Crippen molar-refractivity contribution < 1.29 is 4.79 Å². The Morgan fingerprint density at radius 1 is 1.07 bits per heavy atom. The number of aromatic nitrogens is 2. The summed E-state index contributed by atoms with van der Waals surface area (Å²) in [5.41, 5.74) is 2.85. The van der Waals surface area contributed by atoms with Crippen LogP contribution in [-0.4, -0.2) is 16.1 Å². The summed E-state index contributed by atoms with van der Waals surface area (Å²) in [6.45, 7) is 2.33. The van der Waals surface area contributed by atoms with E-state index in [1.807, 2.05) is 36.4 Å². The van der Waals surface area contributed by atoms with E-state index in [0.717, 1.165) is 16.5 Å². The maximum atomic E-state index is 12.6. The molecule has 4 rings (SSSR count). The summed E-state index contributed by atoms with van der Waals surface area (Å²) >= 11 is 7.36. The minimum absolute atomic E-state index is 0.169. The lowest BCUT2D eigenvalue weighted by atomic mass is 9.79. The highest BCUT2D eigenvalue weighted by molar-refractivity contribution is 7.18. The highest BCUT2D eigenvalue weighted by Gasteiger charge is 2.20. The Balaban J connectivity index is 1.41. The largest absolute Gasteiger partial charge is 0.296 e.